The van der Waals surface area contributed by atoms with E-state index in [-0.39, 0.29) is 11.8 Å². The van der Waals surface area contributed by atoms with Crippen LogP contribution in [0.25, 0.3) is 0 Å². The number of amides is 1. The van der Waals surface area contributed by atoms with Crippen LogP contribution in [-0.4, -0.2) is 28.9 Å². The number of carbonyl (C=O) groups is 1. The summed E-state index contributed by atoms with van der Waals surface area (Å²) in [5.74, 6) is 0.0134. The number of thiocarbonyl (C=S) groups is 1. The molecule has 3 nitrogen and oxygen atoms in total. The molecule has 1 aromatic carbocycles. The fraction of sp³-hybridized carbons (Fsp3) is 0.385. The van der Waals surface area contributed by atoms with Crippen molar-refractivity contribution in [3.8, 4) is 0 Å². The molecular weight excluding hydrogens is 312 g/mol. The Balaban J connectivity index is 2.86. The van der Waals surface area contributed by atoms with Gasteiger partial charge in [0.1, 0.15) is 0 Å². The third-order valence-corrected chi connectivity index (χ3v) is 3.85. The number of hydrogen-bond donors (Lipinski definition) is 1. The minimum absolute atomic E-state index is 0.00641. The van der Waals surface area contributed by atoms with Gasteiger partial charge in [0.25, 0.3) is 5.91 Å². The van der Waals surface area contributed by atoms with Crippen LogP contribution in [0.1, 0.15) is 24.2 Å². The number of nitrogens with two attached hydrogens (primary N) is 1. The van der Waals surface area contributed by atoms with E-state index in [1.807, 2.05) is 32.0 Å². The maximum absolute atomic E-state index is 12.4. The van der Waals surface area contributed by atoms with Gasteiger partial charge in [0.2, 0.25) is 0 Å². The van der Waals surface area contributed by atoms with Gasteiger partial charge >= 0.3 is 0 Å². The van der Waals surface area contributed by atoms with E-state index < -0.39 is 0 Å². The Morgan fingerprint density at radius 2 is 2.11 bits per heavy atom. The zero-order valence-electron chi connectivity index (χ0n) is 10.5. The van der Waals surface area contributed by atoms with Gasteiger partial charge in [-0.2, -0.15) is 0 Å². The molecule has 0 radical (unpaired) electrons. The first kappa shape index (κ1) is 15.1. The lowest BCUT2D eigenvalue weighted by molar-refractivity contribution is 0.0754. The molecule has 1 amide bonds. The third kappa shape index (κ3) is 3.78. The predicted octanol–water partition coefficient (Wildman–Crippen LogP) is 2.83. The van der Waals surface area contributed by atoms with E-state index in [1.54, 1.807) is 11.0 Å². The molecule has 5 heteroatoms. The number of hydrogen-bond acceptors (Lipinski definition) is 2. The summed E-state index contributed by atoms with van der Waals surface area (Å²) in [5, 5.41) is 0. The molecule has 1 aromatic rings. The molecule has 1 rings (SSSR count). The van der Waals surface area contributed by atoms with E-state index in [0.29, 0.717) is 23.6 Å². The number of carbonyl (C=O) groups excluding carboxylic acids is 1. The first-order chi connectivity index (χ1) is 8.47. The highest BCUT2D eigenvalue weighted by Crippen LogP contribution is 2.18. The summed E-state index contributed by atoms with van der Waals surface area (Å²) in [6.45, 7) is 5.05. The van der Waals surface area contributed by atoms with Crippen molar-refractivity contribution in [3.05, 3.63) is 34.3 Å². The van der Waals surface area contributed by atoms with Gasteiger partial charge in [-0.3, -0.25) is 4.79 Å². The molecule has 0 bridgehead atoms. The standard InChI is InChI=1S/C13H17BrN2OS/c1-3-16(8-9(2)12(15)18)13(17)10-6-4-5-7-11(10)14/h4-7,9H,3,8H2,1-2H3,(H2,15,18). The second kappa shape index (κ2) is 6.85. The van der Waals surface area contributed by atoms with E-state index in [4.69, 9.17) is 18.0 Å². The molecule has 1 atom stereocenters. The monoisotopic (exact) mass is 328 g/mol. The Hall–Kier alpha value is -0.940. The number of nitrogens with zero attached hydrogens (tertiary/aromatic N) is 1. The van der Waals surface area contributed by atoms with Crippen molar-refractivity contribution in [2.75, 3.05) is 13.1 Å². The minimum Gasteiger partial charge on any atom is -0.393 e. The quantitative estimate of drug-likeness (QED) is 0.845. The summed E-state index contributed by atoms with van der Waals surface area (Å²) in [5.41, 5.74) is 6.25. The van der Waals surface area contributed by atoms with E-state index in [0.717, 1.165) is 4.47 Å². The van der Waals surface area contributed by atoms with Crippen molar-refractivity contribution in [1.29, 1.82) is 0 Å². The van der Waals surface area contributed by atoms with Crippen LogP contribution in [0.3, 0.4) is 0 Å². The second-order valence-electron chi connectivity index (χ2n) is 4.13. The van der Waals surface area contributed by atoms with Crippen LogP contribution in [0, 0.1) is 5.92 Å². The summed E-state index contributed by atoms with van der Waals surface area (Å²) in [6.07, 6.45) is 0. The van der Waals surface area contributed by atoms with Gasteiger partial charge in [-0.05, 0) is 35.0 Å². The van der Waals surface area contributed by atoms with Gasteiger partial charge < -0.3 is 10.6 Å². The summed E-state index contributed by atoms with van der Waals surface area (Å²) >= 11 is 8.34. The highest BCUT2D eigenvalue weighted by atomic mass is 79.9. The van der Waals surface area contributed by atoms with E-state index >= 15 is 0 Å². The molecule has 0 aromatic heterocycles. The lowest BCUT2D eigenvalue weighted by Gasteiger charge is -2.24. The van der Waals surface area contributed by atoms with E-state index in [9.17, 15) is 4.79 Å². The molecule has 0 heterocycles. The highest BCUT2D eigenvalue weighted by molar-refractivity contribution is 9.10. The molecule has 0 spiro atoms. The van der Waals surface area contributed by atoms with Gasteiger partial charge in [0.05, 0.1) is 10.6 Å². The lowest BCUT2D eigenvalue weighted by Crippen LogP contribution is -2.38. The van der Waals surface area contributed by atoms with Crippen molar-refractivity contribution >= 4 is 39.0 Å². The molecular formula is C13H17BrN2OS. The molecule has 0 aliphatic carbocycles. The summed E-state index contributed by atoms with van der Waals surface area (Å²) < 4.78 is 0.802. The van der Waals surface area contributed by atoms with Crippen molar-refractivity contribution in [1.82, 2.24) is 4.90 Å². The fourth-order valence-corrected chi connectivity index (χ4v) is 2.11. The van der Waals surface area contributed by atoms with Crippen LogP contribution in [0.15, 0.2) is 28.7 Å². The normalized spacial score (nSPS) is 11.9. The molecule has 0 saturated carbocycles. The minimum atomic E-state index is -0.00641. The number of rotatable bonds is 5. The first-order valence-corrected chi connectivity index (χ1v) is 7.00. The third-order valence-electron chi connectivity index (χ3n) is 2.75. The maximum atomic E-state index is 12.4. The molecule has 0 aliphatic rings. The Morgan fingerprint density at radius 3 is 2.61 bits per heavy atom. The molecule has 0 fully saturated rings. The molecule has 2 N–H and O–H groups in total. The number of benzene rings is 1. The summed E-state index contributed by atoms with van der Waals surface area (Å²) in [7, 11) is 0. The van der Waals surface area contributed by atoms with Crippen LogP contribution in [0.5, 0.6) is 0 Å². The van der Waals surface area contributed by atoms with Gasteiger partial charge in [-0.25, -0.2) is 0 Å². The van der Waals surface area contributed by atoms with Crippen molar-refractivity contribution in [3.63, 3.8) is 0 Å². The lowest BCUT2D eigenvalue weighted by atomic mass is 10.1. The van der Waals surface area contributed by atoms with Gasteiger partial charge in [-0.1, -0.05) is 31.3 Å². The Bertz CT molecular complexity index is 450. The Morgan fingerprint density at radius 1 is 1.50 bits per heavy atom. The Kier molecular flexibility index (Phi) is 5.75. The SMILES string of the molecule is CCN(CC(C)C(N)=S)C(=O)c1ccccc1Br. The predicted molar refractivity (Wildman–Crippen MR) is 81.7 cm³/mol. The average molecular weight is 329 g/mol. The van der Waals surface area contributed by atoms with E-state index in [2.05, 4.69) is 15.9 Å². The summed E-state index contributed by atoms with van der Waals surface area (Å²) in [4.78, 5) is 14.6. The van der Waals surface area contributed by atoms with Crippen molar-refractivity contribution in [2.45, 2.75) is 13.8 Å². The van der Waals surface area contributed by atoms with E-state index in [1.165, 1.54) is 0 Å². The molecule has 0 aliphatic heterocycles. The highest BCUT2D eigenvalue weighted by Gasteiger charge is 2.19. The van der Waals surface area contributed by atoms with Crippen molar-refractivity contribution in [2.24, 2.45) is 11.7 Å². The van der Waals surface area contributed by atoms with Crippen LogP contribution in [0.4, 0.5) is 0 Å². The van der Waals surface area contributed by atoms with Gasteiger partial charge in [-0.15, -0.1) is 0 Å². The molecule has 1 unspecified atom stereocenters. The largest absolute Gasteiger partial charge is 0.393 e. The van der Waals surface area contributed by atoms with Crippen molar-refractivity contribution < 1.29 is 4.79 Å². The first-order valence-electron chi connectivity index (χ1n) is 5.80. The van der Waals surface area contributed by atoms with Crippen LogP contribution in [-0.2, 0) is 0 Å². The zero-order chi connectivity index (χ0) is 13.7. The fourth-order valence-electron chi connectivity index (χ4n) is 1.58. The topological polar surface area (TPSA) is 46.3 Å². The average Bonchev–Trinajstić information content (AvgIpc) is 2.35. The van der Waals surface area contributed by atoms with Crippen LogP contribution in [0.2, 0.25) is 0 Å². The van der Waals surface area contributed by atoms with Crippen LogP contribution >= 0.6 is 28.1 Å². The maximum Gasteiger partial charge on any atom is 0.255 e. The molecule has 98 valence electrons. The molecule has 0 saturated heterocycles. The smallest absolute Gasteiger partial charge is 0.255 e. The molecule has 18 heavy (non-hydrogen) atoms. The second-order valence-corrected chi connectivity index (χ2v) is 5.45. The van der Waals surface area contributed by atoms with Crippen LogP contribution < -0.4 is 5.73 Å². The Labute approximate surface area is 121 Å². The van der Waals surface area contributed by atoms with Gasteiger partial charge in [0, 0.05) is 23.5 Å². The zero-order valence-corrected chi connectivity index (χ0v) is 12.9. The number of halogens is 1. The summed E-state index contributed by atoms with van der Waals surface area (Å²) in [6, 6.07) is 7.40. The van der Waals surface area contributed by atoms with Gasteiger partial charge in [0.15, 0.2) is 0 Å².